The van der Waals surface area contributed by atoms with Gasteiger partial charge in [-0.25, -0.2) is 4.99 Å². The number of unbranched alkanes of at least 4 members (excludes halogenated alkanes) is 1. The summed E-state index contributed by atoms with van der Waals surface area (Å²) >= 11 is 0. The van der Waals surface area contributed by atoms with Crippen LogP contribution in [0.2, 0.25) is 0 Å². The van der Waals surface area contributed by atoms with Gasteiger partial charge in [0.1, 0.15) is 5.84 Å². The molecule has 0 saturated carbocycles. The number of hydrogen-bond donors (Lipinski definition) is 3. The van der Waals surface area contributed by atoms with Gasteiger partial charge in [0.25, 0.3) is 0 Å². The Kier molecular flexibility index (Phi) is 11.0. The van der Waals surface area contributed by atoms with E-state index < -0.39 is 11.7 Å². The van der Waals surface area contributed by atoms with Crippen LogP contribution in [0.25, 0.3) is 0 Å². The summed E-state index contributed by atoms with van der Waals surface area (Å²) in [5.74, 6) is 0.927. The predicted molar refractivity (Wildman–Crippen MR) is 153 cm³/mol. The summed E-state index contributed by atoms with van der Waals surface area (Å²) in [6, 6.07) is 6.31. The van der Waals surface area contributed by atoms with Crippen molar-refractivity contribution in [1.29, 1.82) is 0 Å². The molecular weight excluding hydrogens is 503 g/mol. The number of amides is 1. The Morgan fingerprint density at radius 2 is 2.05 bits per heavy atom. The molecule has 2 aliphatic heterocycles. The number of amidine groups is 1. The number of rotatable bonds is 13. The zero-order valence-corrected chi connectivity index (χ0v) is 23.9. The smallest absolute Gasteiger partial charge is 0.385 e. The number of nitrogens with one attached hydrogen (secondary N) is 3. The summed E-state index contributed by atoms with van der Waals surface area (Å²) in [5, 5.41) is 9.37. The summed E-state index contributed by atoms with van der Waals surface area (Å²) in [5.41, 5.74) is 2.44. The number of nitrogens with zero attached hydrogens (tertiary/aromatic N) is 2. The minimum atomic E-state index is -4.57. The molecule has 1 amide bonds. The first-order chi connectivity index (χ1) is 18.6. The highest BCUT2D eigenvalue weighted by molar-refractivity contribution is 5.94. The average Bonchev–Trinajstić information content (AvgIpc) is 3.50. The first-order valence-electron chi connectivity index (χ1n) is 14.3. The number of halogens is 3. The maximum Gasteiger partial charge on any atom is 0.419 e. The van der Waals surface area contributed by atoms with Crippen molar-refractivity contribution in [3.05, 3.63) is 52.9 Å². The highest BCUT2D eigenvalue weighted by atomic mass is 19.4. The normalized spacial score (nSPS) is 21.1. The van der Waals surface area contributed by atoms with E-state index in [-0.39, 0.29) is 23.7 Å². The molecule has 1 aromatic carbocycles. The molecule has 2 aliphatic rings. The molecule has 3 atom stereocenters. The van der Waals surface area contributed by atoms with Gasteiger partial charge in [-0.2, -0.15) is 13.2 Å². The van der Waals surface area contributed by atoms with Gasteiger partial charge in [-0.15, -0.1) is 0 Å². The van der Waals surface area contributed by atoms with Crippen LogP contribution in [0.3, 0.4) is 0 Å². The highest BCUT2D eigenvalue weighted by Crippen LogP contribution is 2.31. The first kappa shape index (κ1) is 30.7. The molecule has 1 aromatic rings. The quantitative estimate of drug-likeness (QED) is 0.118. The van der Waals surface area contributed by atoms with Gasteiger partial charge in [0.05, 0.1) is 11.6 Å². The molecule has 3 rings (SSSR count). The Labute approximate surface area is 231 Å². The lowest BCUT2D eigenvalue weighted by Gasteiger charge is -2.27. The number of aliphatic imine (C=N–C) groups is 1. The van der Waals surface area contributed by atoms with Crippen molar-refractivity contribution >= 4 is 17.4 Å². The minimum absolute atomic E-state index is 0.0315. The van der Waals surface area contributed by atoms with E-state index in [0.717, 1.165) is 49.7 Å². The van der Waals surface area contributed by atoms with Crippen LogP contribution in [0.4, 0.5) is 18.9 Å². The van der Waals surface area contributed by atoms with E-state index in [2.05, 4.69) is 53.8 Å². The molecule has 0 radical (unpaired) electrons. The second-order valence-corrected chi connectivity index (χ2v) is 10.5. The molecule has 9 heteroatoms. The summed E-state index contributed by atoms with van der Waals surface area (Å²) in [4.78, 5) is 18.3. The van der Waals surface area contributed by atoms with Gasteiger partial charge in [0.15, 0.2) is 0 Å². The van der Waals surface area contributed by atoms with Gasteiger partial charge in [-0.05, 0) is 62.1 Å². The Morgan fingerprint density at radius 1 is 1.28 bits per heavy atom. The second kappa shape index (κ2) is 14.0. The van der Waals surface area contributed by atoms with Crippen LogP contribution in [0, 0.1) is 0 Å². The topological polar surface area (TPSA) is 68.8 Å². The molecule has 2 heterocycles. The number of piperazine rings is 1. The minimum Gasteiger partial charge on any atom is -0.385 e. The molecule has 2 bridgehead atoms. The number of likely N-dealkylation sites (tertiary alicyclic amines) is 1. The second-order valence-electron chi connectivity index (χ2n) is 10.5. The van der Waals surface area contributed by atoms with E-state index in [0.29, 0.717) is 37.7 Å². The third kappa shape index (κ3) is 8.10. The Morgan fingerprint density at radius 3 is 2.67 bits per heavy atom. The lowest BCUT2D eigenvalue weighted by Crippen LogP contribution is -2.48. The van der Waals surface area contributed by atoms with Crippen LogP contribution < -0.4 is 16.0 Å². The fourth-order valence-corrected chi connectivity index (χ4v) is 5.11. The van der Waals surface area contributed by atoms with Crippen molar-refractivity contribution in [3.8, 4) is 0 Å². The van der Waals surface area contributed by atoms with Gasteiger partial charge < -0.3 is 20.9 Å². The molecule has 2 saturated heterocycles. The summed E-state index contributed by atoms with van der Waals surface area (Å²) in [6.45, 7) is 11.7. The zero-order valence-electron chi connectivity index (χ0n) is 23.9. The van der Waals surface area contributed by atoms with Gasteiger partial charge in [-0.3, -0.25) is 4.79 Å². The Bertz CT molecular complexity index is 1080. The van der Waals surface area contributed by atoms with Crippen LogP contribution in [0.5, 0.6) is 0 Å². The van der Waals surface area contributed by atoms with Crippen LogP contribution in [0.15, 0.2) is 46.7 Å². The van der Waals surface area contributed by atoms with Crippen LogP contribution in [0.1, 0.15) is 83.8 Å². The van der Waals surface area contributed by atoms with Gasteiger partial charge in [0.2, 0.25) is 5.91 Å². The van der Waals surface area contributed by atoms with Crippen LogP contribution in [-0.2, 0) is 11.2 Å². The first-order valence-corrected chi connectivity index (χ1v) is 14.3. The summed E-state index contributed by atoms with van der Waals surface area (Å²) < 4.78 is 42.5. The van der Waals surface area contributed by atoms with Crippen molar-refractivity contribution < 1.29 is 18.0 Å². The number of anilines is 1. The molecule has 3 N–H and O–H groups in total. The maximum absolute atomic E-state index is 14.2. The lowest BCUT2D eigenvalue weighted by atomic mass is 9.95. The molecular formula is C30H44F3N5O. The zero-order chi connectivity index (χ0) is 28.6. The number of carbonyl (C=O) groups is 1. The van der Waals surface area contributed by atoms with E-state index in [1.54, 1.807) is 13.0 Å². The number of allylic oxidation sites excluding steroid dienone is 2. The van der Waals surface area contributed by atoms with E-state index in [1.807, 2.05) is 17.9 Å². The van der Waals surface area contributed by atoms with Gasteiger partial charge in [0, 0.05) is 43.3 Å². The standard InChI is InChI=1S/C30H44F3N5O/c1-6-9-11-27(34-14-10-15-38-24-17-28(29(38)39)36-18-24)25(30(31,32)33)19-35-21(5)37-26-13-12-23(20(4)7-2)16-22(26)8-3/h11-13,16,19-20,24,28,34,36H,6-10,14-15,17-18H2,1-5H3,(H,35,37)/b25-19+,27-11-. The summed E-state index contributed by atoms with van der Waals surface area (Å²) in [6.07, 6.45) is 2.40. The largest absolute Gasteiger partial charge is 0.419 e. The van der Waals surface area contributed by atoms with E-state index in [4.69, 9.17) is 0 Å². The number of fused-ring (bicyclic) bond motifs is 2. The van der Waals surface area contributed by atoms with Crippen molar-refractivity contribution in [2.75, 3.05) is 25.0 Å². The molecule has 0 aromatic heterocycles. The molecule has 6 nitrogen and oxygen atoms in total. The predicted octanol–water partition coefficient (Wildman–Crippen LogP) is 6.28. The number of carbonyl (C=O) groups excluding carboxylic acids is 1. The van der Waals surface area contributed by atoms with Crippen LogP contribution in [-0.4, -0.2) is 54.5 Å². The van der Waals surface area contributed by atoms with Crippen molar-refractivity contribution in [1.82, 2.24) is 15.5 Å². The number of aryl methyl sites for hydroxylation is 1. The third-order valence-corrected chi connectivity index (χ3v) is 7.65. The lowest BCUT2D eigenvalue weighted by molar-refractivity contribution is -0.132. The monoisotopic (exact) mass is 547 g/mol. The molecule has 39 heavy (non-hydrogen) atoms. The molecule has 2 fully saturated rings. The van der Waals surface area contributed by atoms with E-state index in [1.165, 1.54) is 5.56 Å². The Hall–Kier alpha value is -2.81. The van der Waals surface area contributed by atoms with Crippen molar-refractivity contribution in [3.63, 3.8) is 0 Å². The fourth-order valence-electron chi connectivity index (χ4n) is 5.11. The molecule has 0 spiro atoms. The number of benzene rings is 1. The SMILES string of the molecule is CCC/C=C(NCCCN1C(=O)C2CC1CN2)/C(=C\N=C(C)Nc1ccc(C(C)CC)cc1CC)C(F)(F)F. The fraction of sp³-hybridized carbons (Fsp3) is 0.600. The van der Waals surface area contributed by atoms with E-state index >= 15 is 0 Å². The third-order valence-electron chi connectivity index (χ3n) is 7.65. The molecule has 216 valence electrons. The maximum atomic E-state index is 14.2. The average molecular weight is 548 g/mol. The van der Waals surface area contributed by atoms with Crippen LogP contribution >= 0.6 is 0 Å². The molecule has 3 unspecified atom stereocenters. The number of hydrogen-bond acceptors (Lipinski definition) is 4. The van der Waals surface area contributed by atoms with Crippen molar-refractivity contribution in [2.45, 2.75) is 97.3 Å². The molecule has 0 aliphatic carbocycles. The van der Waals surface area contributed by atoms with E-state index in [9.17, 15) is 18.0 Å². The van der Waals surface area contributed by atoms with Gasteiger partial charge >= 0.3 is 6.18 Å². The highest BCUT2D eigenvalue weighted by Gasteiger charge is 2.44. The van der Waals surface area contributed by atoms with Crippen molar-refractivity contribution in [2.24, 2.45) is 4.99 Å². The van der Waals surface area contributed by atoms with Gasteiger partial charge in [-0.1, -0.05) is 52.3 Å². The Balaban J connectivity index is 1.71. The summed E-state index contributed by atoms with van der Waals surface area (Å²) in [7, 11) is 0. The number of alkyl halides is 3.